The van der Waals surface area contributed by atoms with Gasteiger partial charge in [0.15, 0.2) is 0 Å². The molecule has 1 N–H and O–H groups in total. The number of fused-ring (bicyclic) bond motifs is 1. The quantitative estimate of drug-likeness (QED) is 0.806. The van der Waals surface area contributed by atoms with Crippen molar-refractivity contribution in [3.05, 3.63) is 59.7 Å². The van der Waals surface area contributed by atoms with E-state index in [9.17, 15) is 4.79 Å². The second kappa shape index (κ2) is 6.20. The largest absolute Gasteiger partial charge is 0.444 e. The first-order valence-electron chi connectivity index (χ1n) is 7.02. The van der Waals surface area contributed by atoms with Gasteiger partial charge in [0.05, 0.1) is 11.1 Å². The van der Waals surface area contributed by atoms with Crippen LogP contribution >= 0.6 is 0 Å². The zero-order valence-electron chi connectivity index (χ0n) is 12.5. The number of aromatic nitrogens is 2. The van der Waals surface area contributed by atoms with Crippen LogP contribution in [0.25, 0.3) is 11.0 Å². The molecule has 1 aromatic heterocycles. The monoisotopic (exact) mass is 306 g/mol. The van der Waals surface area contributed by atoms with Crippen LogP contribution in [-0.4, -0.2) is 15.6 Å². The van der Waals surface area contributed by atoms with Crippen molar-refractivity contribution in [3.63, 3.8) is 0 Å². The van der Waals surface area contributed by atoms with E-state index in [1.807, 2.05) is 36.4 Å². The lowest BCUT2D eigenvalue weighted by Crippen LogP contribution is -2.16. The molecule has 1 amide bonds. The number of para-hydroxylation sites is 1. The lowest BCUT2D eigenvalue weighted by atomic mass is 10.2. The number of imidazole rings is 1. The van der Waals surface area contributed by atoms with Gasteiger partial charge in [0, 0.05) is 7.05 Å². The third kappa shape index (κ3) is 2.99. The molecule has 1 heterocycles. The highest BCUT2D eigenvalue weighted by Gasteiger charge is 2.13. The molecular weight excluding hydrogens is 292 g/mol. The number of carbonyl (C=O) groups is 1. The zero-order chi connectivity index (χ0) is 16.2. The van der Waals surface area contributed by atoms with Crippen LogP contribution < -0.4 is 5.32 Å². The van der Waals surface area contributed by atoms with Crippen molar-refractivity contribution in [1.29, 1.82) is 5.26 Å². The van der Waals surface area contributed by atoms with Crippen molar-refractivity contribution in [1.82, 2.24) is 9.55 Å². The van der Waals surface area contributed by atoms with E-state index >= 15 is 0 Å². The minimum Gasteiger partial charge on any atom is -0.444 e. The summed E-state index contributed by atoms with van der Waals surface area (Å²) in [6.45, 7) is 0.181. The molecule has 0 fully saturated rings. The number of hydrogen-bond donors (Lipinski definition) is 1. The fraction of sp³-hybridized carbons (Fsp3) is 0.118. The normalized spacial score (nSPS) is 10.3. The van der Waals surface area contributed by atoms with Gasteiger partial charge < -0.3 is 9.30 Å². The highest BCUT2D eigenvalue weighted by molar-refractivity contribution is 5.89. The average Bonchev–Trinajstić information content (AvgIpc) is 2.90. The number of amides is 1. The van der Waals surface area contributed by atoms with E-state index < -0.39 is 6.09 Å². The van der Waals surface area contributed by atoms with Crippen LogP contribution in [0.5, 0.6) is 0 Å². The first kappa shape index (κ1) is 14.6. The summed E-state index contributed by atoms with van der Waals surface area (Å²) >= 11 is 0. The van der Waals surface area contributed by atoms with Crippen molar-refractivity contribution >= 4 is 23.1 Å². The van der Waals surface area contributed by atoms with E-state index in [2.05, 4.69) is 16.4 Å². The predicted molar refractivity (Wildman–Crippen MR) is 85.7 cm³/mol. The predicted octanol–water partition coefficient (Wildman–Crippen LogP) is 3.19. The summed E-state index contributed by atoms with van der Waals surface area (Å²) in [5.74, 6) is 0.334. The molecule has 3 aromatic rings. The number of anilines is 1. The minimum atomic E-state index is -0.592. The van der Waals surface area contributed by atoms with Crippen LogP contribution in [0.15, 0.2) is 48.5 Å². The average molecular weight is 306 g/mol. The van der Waals surface area contributed by atoms with Gasteiger partial charge in [-0.1, -0.05) is 36.4 Å². The second-order valence-corrected chi connectivity index (χ2v) is 4.97. The van der Waals surface area contributed by atoms with E-state index in [0.717, 1.165) is 11.1 Å². The van der Waals surface area contributed by atoms with Crippen molar-refractivity contribution < 1.29 is 9.53 Å². The maximum atomic E-state index is 11.9. The summed E-state index contributed by atoms with van der Waals surface area (Å²) < 4.78 is 6.88. The molecule has 0 atom stereocenters. The number of hydrogen-bond acceptors (Lipinski definition) is 4. The molecule has 0 unspecified atom stereocenters. The van der Waals surface area contributed by atoms with Crippen LogP contribution in [0, 0.1) is 11.3 Å². The van der Waals surface area contributed by atoms with E-state index in [1.165, 1.54) is 0 Å². The van der Waals surface area contributed by atoms with Crippen LogP contribution in [0.2, 0.25) is 0 Å². The number of rotatable bonds is 3. The first-order valence-corrected chi connectivity index (χ1v) is 7.02. The van der Waals surface area contributed by atoms with Crippen molar-refractivity contribution in [2.24, 2.45) is 7.05 Å². The molecule has 114 valence electrons. The van der Waals surface area contributed by atoms with Crippen LogP contribution in [0.3, 0.4) is 0 Å². The number of nitrogens with zero attached hydrogens (tertiary/aromatic N) is 3. The van der Waals surface area contributed by atoms with Gasteiger partial charge in [-0.3, -0.25) is 5.32 Å². The Balaban J connectivity index is 1.75. The molecule has 6 nitrogen and oxygen atoms in total. The van der Waals surface area contributed by atoms with Gasteiger partial charge in [0.2, 0.25) is 5.95 Å². The topological polar surface area (TPSA) is 79.9 Å². The standard InChI is InChI=1S/C17H14N4O2/c1-21-14-9-5-8-13(10-18)15(14)19-16(21)20-17(22)23-11-12-6-3-2-4-7-12/h2-9H,11H2,1H3,(H,19,20,22). The van der Waals surface area contributed by atoms with E-state index in [4.69, 9.17) is 10.00 Å². The van der Waals surface area contributed by atoms with Gasteiger partial charge in [-0.15, -0.1) is 0 Å². The molecule has 0 aliphatic rings. The summed E-state index contributed by atoms with van der Waals surface area (Å²) in [5.41, 5.74) is 2.68. The maximum absolute atomic E-state index is 11.9. The van der Waals surface area contributed by atoms with Crippen molar-refractivity contribution in [3.8, 4) is 6.07 Å². The van der Waals surface area contributed by atoms with E-state index in [1.54, 1.807) is 23.7 Å². The van der Waals surface area contributed by atoms with Crippen LogP contribution in [0.1, 0.15) is 11.1 Å². The number of nitrogens with one attached hydrogen (secondary N) is 1. The Hall–Kier alpha value is -3.33. The third-order valence-corrected chi connectivity index (χ3v) is 3.46. The van der Waals surface area contributed by atoms with Crippen molar-refractivity contribution in [2.75, 3.05) is 5.32 Å². The Kier molecular flexibility index (Phi) is 3.93. The van der Waals surface area contributed by atoms with Crippen LogP contribution in [-0.2, 0) is 18.4 Å². The fourth-order valence-electron chi connectivity index (χ4n) is 2.27. The first-order chi connectivity index (χ1) is 11.2. The van der Waals surface area contributed by atoms with Gasteiger partial charge >= 0.3 is 6.09 Å². The minimum absolute atomic E-state index is 0.181. The number of benzene rings is 2. The van der Waals surface area contributed by atoms with E-state index in [-0.39, 0.29) is 6.61 Å². The molecule has 6 heteroatoms. The Bertz CT molecular complexity index is 894. The second-order valence-electron chi connectivity index (χ2n) is 4.97. The van der Waals surface area contributed by atoms with E-state index in [0.29, 0.717) is 17.0 Å². The Morgan fingerprint density at radius 1 is 1.26 bits per heavy atom. The molecule has 0 radical (unpaired) electrons. The number of carbonyl (C=O) groups excluding carboxylic acids is 1. The molecule has 0 saturated carbocycles. The SMILES string of the molecule is Cn1c(NC(=O)OCc2ccccc2)nc2c(C#N)cccc21. The Labute approximate surface area is 132 Å². The smallest absolute Gasteiger partial charge is 0.414 e. The maximum Gasteiger partial charge on any atom is 0.414 e. The van der Waals surface area contributed by atoms with Gasteiger partial charge in [0.1, 0.15) is 18.2 Å². The van der Waals surface area contributed by atoms with Gasteiger partial charge in [0.25, 0.3) is 0 Å². The molecule has 2 aromatic carbocycles. The fourth-order valence-corrected chi connectivity index (χ4v) is 2.27. The molecule has 0 aliphatic carbocycles. The molecule has 0 spiro atoms. The number of aryl methyl sites for hydroxylation is 1. The third-order valence-electron chi connectivity index (χ3n) is 3.46. The Morgan fingerprint density at radius 2 is 2.04 bits per heavy atom. The zero-order valence-corrected chi connectivity index (χ0v) is 12.5. The molecule has 23 heavy (non-hydrogen) atoms. The number of ether oxygens (including phenoxy) is 1. The molecule has 0 saturated heterocycles. The van der Waals surface area contributed by atoms with Crippen LogP contribution in [0.4, 0.5) is 10.7 Å². The summed E-state index contributed by atoms with van der Waals surface area (Å²) in [5, 5.41) is 11.7. The van der Waals surface area contributed by atoms with Crippen molar-refractivity contribution in [2.45, 2.75) is 6.61 Å². The molecule has 0 bridgehead atoms. The summed E-state index contributed by atoms with van der Waals surface area (Å²) in [4.78, 5) is 16.2. The molecule has 3 rings (SSSR count). The molecule has 0 aliphatic heterocycles. The summed E-state index contributed by atoms with van der Waals surface area (Å²) in [6.07, 6.45) is -0.592. The highest BCUT2D eigenvalue weighted by atomic mass is 16.5. The summed E-state index contributed by atoms with van der Waals surface area (Å²) in [6, 6.07) is 16.8. The molecular formula is C17H14N4O2. The van der Waals surface area contributed by atoms with Gasteiger partial charge in [-0.2, -0.15) is 5.26 Å². The lowest BCUT2D eigenvalue weighted by Gasteiger charge is -2.06. The van der Waals surface area contributed by atoms with Gasteiger partial charge in [-0.25, -0.2) is 9.78 Å². The number of nitriles is 1. The lowest BCUT2D eigenvalue weighted by molar-refractivity contribution is 0.155. The highest BCUT2D eigenvalue weighted by Crippen LogP contribution is 2.21. The summed E-state index contributed by atoms with van der Waals surface area (Å²) in [7, 11) is 1.77. The van der Waals surface area contributed by atoms with Gasteiger partial charge in [-0.05, 0) is 17.7 Å². The Morgan fingerprint density at radius 3 is 2.78 bits per heavy atom.